The van der Waals surface area contributed by atoms with Crippen LogP contribution >= 0.6 is 0 Å². The van der Waals surface area contributed by atoms with Crippen molar-refractivity contribution in [2.45, 2.75) is 25.7 Å². The molecular weight excluding hydrogens is 218 g/mol. The van der Waals surface area contributed by atoms with Gasteiger partial charge >= 0.3 is 0 Å². The molecule has 0 aliphatic heterocycles. The summed E-state index contributed by atoms with van der Waals surface area (Å²) in [6.07, 6.45) is 3.34. The van der Waals surface area contributed by atoms with Gasteiger partial charge in [-0.1, -0.05) is 0 Å². The normalized spacial score (nSPS) is 9.71. The van der Waals surface area contributed by atoms with E-state index in [0.29, 0.717) is 12.8 Å². The fourth-order valence-electron chi connectivity index (χ4n) is 1.41. The zero-order valence-corrected chi connectivity index (χ0v) is 9.94. The fourth-order valence-corrected chi connectivity index (χ4v) is 1.41. The number of unbranched alkanes of at least 4 members (excludes halogenated alkanes) is 2. The van der Waals surface area contributed by atoms with Crippen molar-refractivity contribution in [3.05, 3.63) is 24.3 Å². The molecule has 0 bridgehead atoms. The number of nitrogens with one attached hydrogen (secondary N) is 1. The van der Waals surface area contributed by atoms with Crippen LogP contribution in [0, 0.1) is 0 Å². The highest BCUT2D eigenvalue weighted by Gasteiger charge is 2.02. The van der Waals surface area contributed by atoms with Crippen molar-refractivity contribution < 1.29 is 14.3 Å². The highest BCUT2D eigenvalue weighted by atomic mass is 16.5. The molecular formula is C13H17NO3. The minimum absolute atomic E-state index is 0.0268. The van der Waals surface area contributed by atoms with E-state index < -0.39 is 0 Å². The average molecular weight is 235 g/mol. The number of hydrogen-bond donors (Lipinski definition) is 1. The average Bonchev–Trinajstić information content (AvgIpc) is 2.36. The predicted molar refractivity (Wildman–Crippen MR) is 66.2 cm³/mol. The van der Waals surface area contributed by atoms with Gasteiger partial charge in [0.2, 0.25) is 5.91 Å². The number of ether oxygens (including phenoxy) is 1. The van der Waals surface area contributed by atoms with E-state index in [9.17, 15) is 9.59 Å². The Bertz CT molecular complexity index is 359. The SMILES string of the molecule is COc1ccc(NC(=O)CCCCC=O)cc1. The van der Waals surface area contributed by atoms with Gasteiger partial charge in [0.25, 0.3) is 0 Å². The van der Waals surface area contributed by atoms with E-state index in [-0.39, 0.29) is 5.91 Å². The smallest absolute Gasteiger partial charge is 0.224 e. The van der Waals surface area contributed by atoms with Crippen LogP contribution in [-0.2, 0) is 9.59 Å². The van der Waals surface area contributed by atoms with E-state index in [1.54, 1.807) is 31.4 Å². The summed E-state index contributed by atoms with van der Waals surface area (Å²) in [5.41, 5.74) is 0.756. The Kier molecular flexibility index (Phi) is 5.79. The zero-order valence-electron chi connectivity index (χ0n) is 9.94. The van der Waals surface area contributed by atoms with Crippen molar-refractivity contribution in [3.63, 3.8) is 0 Å². The highest BCUT2D eigenvalue weighted by molar-refractivity contribution is 5.90. The summed E-state index contributed by atoms with van der Waals surface area (Å²) in [4.78, 5) is 21.6. The zero-order chi connectivity index (χ0) is 12.5. The van der Waals surface area contributed by atoms with Crippen LogP contribution in [0.2, 0.25) is 0 Å². The molecule has 0 aliphatic rings. The van der Waals surface area contributed by atoms with Gasteiger partial charge in [-0.3, -0.25) is 4.79 Å². The molecule has 92 valence electrons. The maximum Gasteiger partial charge on any atom is 0.224 e. The van der Waals surface area contributed by atoms with Crippen molar-refractivity contribution >= 4 is 17.9 Å². The Morgan fingerprint density at radius 1 is 1.29 bits per heavy atom. The molecule has 1 N–H and O–H groups in total. The van der Waals surface area contributed by atoms with E-state index in [4.69, 9.17) is 4.74 Å². The molecule has 0 saturated carbocycles. The topological polar surface area (TPSA) is 55.4 Å². The summed E-state index contributed by atoms with van der Waals surface area (Å²) < 4.78 is 5.02. The number of carbonyl (C=O) groups is 2. The molecule has 1 aromatic carbocycles. The maximum absolute atomic E-state index is 11.5. The summed E-state index contributed by atoms with van der Waals surface area (Å²) in [6, 6.07) is 7.17. The summed E-state index contributed by atoms with van der Waals surface area (Å²) in [5, 5.41) is 2.79. The first-order valence-electron chi connectivity index (χ1n) is 5.64. The second-order valence-corrected chi connectivity index (χ2v) is 3.69. The standard InChI is InChI=1S/C13H17NO3/c1-17-12-8-6-11(7-9-12)14-13(16)5-3-2-4-10-15/h6-10H,2-5H2,1H3,(H,14,16). The van der Waals surface area contributed by atoms with Crippen molar-refractivity contribution in [2.75, 3.05) is 12.4 Å². The summed E-state index contributed by atoms with van der Waals surface area (Å²) in [5.74, 6) is 0.732. The quantitative estimate of drug-likeness (QED) is 0.583. The predicted octanol–water partition coefficient (Wildman–Crippen LogP) is 2.39. The van der Waals surface area contributed by atoms with Crippen molar-refractivity contribution in [1.29, 1.82) is 0 Å². The van der Waals surface area contributed by atoms with Crippen molar-refractivity contribution in [1.82, 2.24) is 0 Å². The molecule has 4 nitrogen and oxygen atoms in total. The Balaban J connectivity index is 2.31. The summed E-state index contributed by atoms with van der Waals surface area (Å²) in [6.45, 7) is 0. The van der Waals surface area contributed by atoms with Gasteiger partial charge in [-0.25, -0.2) is 0 Å². The molecule has 1 rings (SSSR count). The second kappa shape index (κ2) is 7.44. The minimum Gasteiger partial charge on any atom is -0.497 e. The molecule has 0 unspecified atom stereocenters. The molecule has 0 aromatic heterocycles. The van der Waals surface area contributed by atoms with Crippen LogP contribution in [0.4, 0.5) is 5.69 Å². The van der Waals surface area contributed by atoms with E-state index in [1.807, 2.05) is 0 Å². The lowest BCUT2D eigenvalue weighted by Gasteiger charge is -2.05. The molecule has 0 atom stereocenters. The molecule has 0 aliphatic carbocycles. The number of methoxy groups -OCH3 is 1. The Morgan fingerprint density at radius 2 is 2.00 bits per heavy atom. The largest absolute Gasteiger partial charge is 0.497 e. The van der Waals surface area contributed by atoms with Gasteiger partial charge in [0.1, 0.15) is 12.0 Å². The minimum atomic E-state index is -0.0268. The van der Waals surface area contributed by atoms with Crippen LogP contribution in [0.3, 0.4) is 0 Å². The maximum atomic E-state index is 11.5. The first kappa shape index (κ1) is 13.2. The van der Waals surface area contributed by atoms with Crippen LogP contribution < -0.4 is 10.1 Å². The number of benzene rings is 1. The van der Waals surface area contributed by atoms with Gasteiger partial charge < -0.3 is 14.8 Å². The Labute approximate surface area is 101 Å². The number of aldehydes is 1. The van der Waals surface area contributed by atoms with Crippen LogP contribution in [0.5, 0.6) is 5.75 Å². The van der Waals surface area contributed by atoms with E-state index >= 15 is 0 Å². The first-order chi connectivity index (χ1) is 8.26. The number of hydrogen-bond acceptors (Lipinski definition) is 3. The molecule has 1 aromatic rings. The van der Waals surface area contributed by atoms with Crippen molar-refractivity contribution in [3.8, 4) is 5.75 Å². The monoisotopic (exact) mass is 235 g/mol. The number of rotatable bonds is 7. The summed E-state index contributed by atoms with van der Waals surface area (Å²) in [7, 11) is 1.60. The van der Waals surface area contributed by atoms with Crippen LogP contribution in [0.15, 0.2) is 24.3 Å². The van der Waals surface area contributed by atoms with E-state index in [2.05, 4.69) is 5.32 Å². The third-order valence-electron chi connectivity index (χ3n) is 2.35. The Hall–Kier alpha value is -1.84. The lowest BCUT2D eigenvalue weighted by atomic mass is 10.2. The van der Waals surface area contributed by atoms with Gasteiger partial charge in [0, 0.05) is 18.5 Å². The number of carbonyl (C=O) groups excluding carboxylic acids is 2. The molecule has 0 fully saturated rings. The third-order valence-corrected chi connectivity index (χ3v) is 2.35. The fraction of sp³-hybridized carbons (Fsp3) is 0.385. The molecule has 0 spiro atoms. The van der Waals surface area contributed by atoms with Crippen LogP contribution in [0.1, 0.15) is 25.7 Å². The summed E-state index contributed by atoms with van der Waals surface area (Å²) >= 11 is 0. The molecule has 4 heteroatoms. The molecule has 1 amide bonds. The highest BCUT2D eigenvalue weighted by Crippen LogP contribution is 2.15. The molecule has 17 heavy (non-hydrogen) atoms. The van der Waals surface area contributed by atoms with Crippen molar-refractivity contribution in [2.24, 2.45) is 0 Å². The lowest BCUT2D eigenvalue weighted by Crippen LogP contribution is -2.10. The molecule has 0 radical (unpaired) electrons. The Morgan fingerprint density at radius 3 is 2.59 bits per heavy atom. The lowest BCUT2D eigenvalue weighted by molar-refractivity contribution is -0.116. The van der Waals surface area contributed by atoms with Gasteiger partial charge in [0.15, 0.2) is 0 Å². The first-order valence-corrected chi connectivity index (χ1v) is 5.64. The number of amides is 1. The third kappa shape index (κ3) is 5.15. The second-order valence-electron chi connectivity index (χ2n) is 3.69. The van der Waals surface area contributed by atoms with Gasteiger partial charge in [0.05, 0.1) is 7.11 Å². The van der Waals surface area contributed by atoms with Crippen LogP contribution in [-0.4, -0.2) is 19.3 Å². The van der Waals surface area contributed by atoms with Gasteiger partial charge in [-0.05, 0) is 37.1 Å². The van der Waals surface area contributed by atoms with Crippen LogP contribution in [0.25, 0.3) is 0 Å². The van der Waals surface area contributed by atoms with Gasteiger partial charge in [-0.2, -0.15) is 0 Å². The van der Waals surface area contributed by atoms with E-state index in [0.717, 1.165) is 30.6 Å². The van der Waals surface area contributed by atoms with E-state index in [1.165, 1.54) is 0 Å². The molecule has 0 saturated heterocycles. The number of anilines is 1. The molecule has 0 heterocycles. The van der Waals surface area contributed by atoms with Gasteiger partial charge in [-0.15, -0.1) is 0 Å².